The fourth-order valence-corrected chi connectivity index (χ4v) is 3.72. The lowest BCUT2D eigenvalue weighted by atomic mass is 10.0. The van der Waals surface area contributed by atoms with Crippen molar-refractivity contribution < 1.29 is 18.1 Å². The Kier molecular flexibility index (Phi) is 5.51. The van der Waals surface area contributed by atoms with Crippen LogP contribution in [0.5, 0.6) is 0 Å². The van der Waals surface area contributed by atoms with E-state index in [1.807, 2.05) is 35.1 Å². The summed E-state index contributed by atoms with van der Waals surface area (Å²) in [5, 5.41) is 10.6. The number of nitro benzene ring substituents is 1. The van der Waals surface area contributed by atoms with E-state index >= 15 is 0 Å². The number of nitrogens with one attached hydrogen (secondary N) is 1. The molecule has 0 radical (unpaired) electrons. The molecule has 8 heteroatoms. The van der Waals surface area contributed by atoms with E-state index in [2.05, 4.69) is 0 Å². The third kappa shape index (κ3) is 4.80. The molecule has 0 saturated carbocycles. The van der Waals surface area contributed by atoms with Gasteiger partial charge in [-0.2, -0.15) is 0 Å². The maximum Gasteiger partial charge on any atom is 0.269 e. The highest BCUT2D eigenvalue weighted by atomic mass is 32.2. The summed E-state index contributed by atoms with van der Waals surface area (Å²) in [4.78, 5) is 22.3. The van der Waals surface area contributed by atoms with E-state index < -0.39 is 26.6 Å². The Hall–Kier alpha value is -3.52. The summed E-state index contributed by atoms with van der Waals surface area (Å²) in [6, 6.07) is 21.3. The zero-order valence-corrected chi connectivity index (χ0v) is 15.4. The molecule has 3 aromatic rings. The first-order valence-electron chi connectivity index (χ1n) is 8.28. The molecule has 0 spiro atoms. The van der Waals surface area contributed by atoms with E-state index in [-0.39, 0.29) is 11.3 Å². The molecule has 0 atom stereocenters. The van der Waals surface area contributed by atoms with Crippen molar-refractivity contribution in [3.8, 4) is 11.1 Å². The van der Waals surface area contributed by atoms with Crippen LogP contribution in [0, 0.1) is 10.1 Å². The van der Waals surface area contributed by atoms with Gasteiger partial charge < -0.3 is 0 Å². The van der Waals surface area contributed by atoms with Crippen molar-refractivity contribution >= 4 is 21.6 Å². The molecule has 3 rings (SSSR count). The van der Waals surface area contributed by atoms with E-state index in [1.165, 1.54) is 24.3 Å². The van der Waals surface area contributed by atoms with Gasteiger partial charge >= 0.3 is 0 Å². The van der Waals surface area contributed by atoms with Crippen LogP contribution in [0.25, 0.3) is 11.1 Å². The Labute approximate surface area is 161 Å². The van der Waals surface area contributed by atoms with Crippen molar-refractivity contribution in [2.45, 2.75) is 5.75 Å². The molecule has 3 aromatic carbocycles. The Morgan fingerprint density at radius 3 is 2.00 bits per heavy atom. The van der Waals surface area contributed by atoms with Gasteiger partial charge in [0.1, 0.15) is 0 Å². The van der Waals surface area contributed by atoms with Crippen LogP contribution in [0.4, 0.5) is 5.69 Å². The minimum absolute atomic E-state index is 0.135. The standard InChI is InChI=1S/C20H16N2O5S/c23-20(18-10-8-17(9-11-18)16-4-2-1-3-5-16)21-28(26,27)14-15-6-12-19(13-7-15)22(24)25/h1-13H,14H2,(H,21,23). The summed E-state index contributed by atoms with van der Waals surface area (Å²) in [7, 11) is -3.95. The van der Waals surface area contributed by atoms with Crippen LogP contribution in [0.2, 0.25) is 0 Å². The normalized spacial score (nSPS) is 11.0. The number of carbonyl (C=O) groups excluding carboxylic acids is 1. The lowest BCUT2D eigenvalue weighted by molar-refractivity contribution is -0.384. The molecule has 0 bridgehead atoms. The number of hydrogen-bond donors (Lipinski definition) is 1. The second-order valence-corrected chi connectivity index (χ2v) is 7.78. The zero-order chi connectivity index (χ0) is 20.1. The predicted octanol–water partition coefficient (Wildman–Crippen LogP) is 3.52. The molecular weight excluding hydrogens is 380 g/mol. The summed E-state index contributed by atoms with van der Waals surface area (Å²) in [5.41, 5.74) is 2.31. The van der Waals surface area contributed by atoms with Gasteiger partial charge in [-0.05, 0) is 28.8 Å². The number of nitrogens with zero attached hydrogens (tertiary/aromatic N) is 1. The van der Waals surface area contributed by atoms with Crippen LogP contribution in [-0.4, -0.2) is 19.2 Å². The monoisotopic (exact) mass is 396 g/mol. The molecule has 1 N–H and O–H groups in total. The summed E-state index contributed by atoms with van der Waals surface area (Å²) in [6.45, 7) is 0. The van der Waals surface area contributed by atoms with Crippen LogP contribution in [-0.2, 0) is 15.8 Å². The van der Waals surface area contributed by atoms with Crippen LogP contribution >= 0.6 is 0 Å². The quantitative estimate of drug-likeness (QED) is 0.507. The maximum atomic E-state index is 12.3. The minimum Gasteiger partial charge on any atom is -0.268 e. The van der Waals surface area contributed by atoms with Crippen LogP contribution in [0.3, 0.4) is 0 Å². The van der Waals surface area contributed by atoms with Crippen LogP contribution in [0.1, 0.15) is 15.9 Å². The topological polar surface area (TPSA) is 106 Å². The highest BCUT2D eigenvalue weighted by Gasteiger charge is 2.17. The first kappa shape index (κ1) is 19.2. The SMILES string of the molecule is O=C(NS(=O)(=O)Cc1ccc([N+](=O)[O-])cc1)c1ccc(-c2ccccc2)cc1. The molecule has 1 amide bonds. The van der Waals surface area contributed by atoms with Gasteiger partial charge in [0.15, 0.2) is 0 Å². The first-order valence-corrected chi connectivity index (χ1v) is 9.93. The first-order chi connectivity index (χ1) is 13.3. The van der Waals surface area contributed by atoms with Crippen molar-refractivity contribution in [2.24, 2.45) is 0 Å². The average Bonchev–Trinajstić information content (AvgIpc) is 2.68. The van der Waals surface area contributed by atoms with Gasteiger partial charge in [-0.25, -0.2) is 13.1 Å². The highest BCUT2D eigenvalue weighted by molar-refractivity contribution is 7.89. The molecule has 0 fully saturated rings. The van der Waals surface area contributed by atoms with Gasteiger partial charge in [0.25, 0.3) is 11.6 Å². The Balaban J connectivity index is 1.68. The average molecular weight is 396 g/mol. The highest BCUT2D eigenvalue weighted by Crippen LogP contribution is 2.19. The van der Waals surface area contributed by atoms with E-state index in [0.717, 1.165) is 11.1 Å². The molecule has 0 heterocycles. The van der Waals surface area contributed by atoms with E-state index in [0.29, 0.717) is 5.56 Å². The molecule has 0 aliphatic rings. The number of sulfonamides is 1. The van der Waals surface area contributed by atoms with Crippen molar-refractivity contribution in [2.75, 3.05) is 0 Å². The summed E-state index contributed by atoms with van der Waals surface area (Å²) >= 11 is 0. The Morgan fingerprint density at radius 2 is 1.43 bits per heavy atom. The van der Waals surface area contributed by atoms with Gasteiger partial charge in [0.05, 0.1) is 10.7 Å². The molecular formula is C20H16N2O5S. The molecule has 0 unspecified atom stereocenters. The predicted molar refractivity (Wildman–Crippen MR) is 105 cm³/mol. The molecule has 0 aromatic heterocycles. The van der Waals surface area contributed by atoms with Crippen molar-refractivity contribution in [1.82, 2.24) is 4.72 Å². The molecule has 0 aliphatic heterocycles. The Morgan fingerprint density at radius 1 is 0.857 bits per heavy atom. The largest absolute Gasteiger partial charge is 0.269 e. The fourth-order valence-electron chi connectivity index (χ4n) is 2.61. The van der Waals surface area contributed by atoms with E-state index in [4.69, 9.17) is 0 Å². The minimum atomic E-state index is -3.95. The number of benzene rings is 3. The maximum absolute atomic E-state index is 12.3. The van der Waals surface area contributed by atoms with E-state index in [1.54, 1.807) is 24.3 Å². The van der Waals surface area contributed by atoms with Gasteiger partial charge in [0.2, 0.25) is 10.0 Å². The summed E-state index contributed by atoms with van der Waals surface area (Å²) in [6.07, 6.45) is 0. The molecule has 0 saturated heterocycles. The number of nitro groups is 1. The lowest BCUT2D eigenvalue weighted by Gasteiger charge is -2.08. The number of rotatable bonds is 6. The number of hydrogen-bond acceptors (Lipinski definition) is 5. The fraction of sp³-hybridized carbons (Fsp3) is 0.0500. The van der Waals surface area contributed by atoms with Gasteiger partial charge in [0, 0.05) is 17.7 Å². The zero-order valence-electron chi connectivity index (χ0n) is 14.6. The van der Waals surface area contributed by atoms with E-state index in [9.17, 15) is 23.3 Å². The summed E-state index contributed by atoms with van der Waals surface area (Å²) in [5.74, 6) is -1.19. The third-order valence-electron chi connectivity index (χ3n) is 4.01. The van der Waals surface area contributed by atoms with Crippen molar-refractivity contribution in [3.05, 3.63) is 100 Å². The van der Waals surface area contributed by atoms with Crippen molar-refractivity contribution in [1.29, 1.82) is 0 Å². The number of non-ortho nitro benzene ring substituents is 1. The molecule has 0 aliphatic carbocycles. The second kappa shape index (κ2) is 8.01. The number of amides is 1. The lowest BCUT2D eigenvalue weighted by Crippen LogP contribution is -2.31. The van der Waals surface area contributed by atoms with Gasteiger partial charge in [-0.15, -0.1) is 0 Å². The Bertz CT molecular complexity index is 1090. The molecule has 142 valence electrons. The smallest absolute Gasteiger partial charge is 0.268 e. The summed E-state index contributed by atoms with van der Waals surface area (Å²) < 4.78 is 26.5. The number of carbonyl (C=O) groups is 1. The van der Waals surface area contributed by atoms with Crippen molar-refractivity contribution in [3.63, 3.8) is 0 Å². The van der Waals surface area contributed by atoms with Gasteiger partial charge in [-0.1, -0.05) is 54.6 Å². The third-order valence-corrected chi connectivity index (χ3v) is 5.22. The van der Waals surface area contributed by atoms with Crippen LogP contribution < -0.4 is 4.72 Å². The van der Waals surface area contributed by atoms with Crippen LogP contribution in [0.15, 0.2) is 78.9 Å². The second-order valence-electron chi connectivity index (χ2n) is 6.06. The molecule has 7 nitrogen and oxygen atoms in total. The van der Waals surface area contributed by atoms with Gasteiger partial charge in [-0.3, -0.25) is 14.9 Å². The molecule has 28 heavy (non-hydrogen) atoms.